The van der Waals surface area contributed by atoms with Crippen LogP contribution in [0, 0.1) is 0 Å². The molecule has 156 valence electrons. The van der Waals surface area contributed by atoms with Gasteiger partial charge in [-0.05, 0) is 48.7 Å². The van der Waals surface area contributed by atoms with E-state index in [-0.39, 0.29) is 18.3 Å². The number of halogens is 1. The van der Waals surface area contributed by atoms with E-state index in [0.717, 1.165) is 10.5 Å². The van der Waals surface area contributed by atoms with Gasteiger partial charge < -0.3 is 4.52 Å². The number of aromatic nitrogens is 2. The van der Waals surface area contributed by atoms with Gasteiger partial charge in [0.15, 0.2) is 12.1 Å². The van der Waals surface area contributed by atoms with Gasteiger partial charge in [0.2, 0.25) is 11.7 Å². The second kappa shape index (κ2) is 7.78. The summed E-state index contributed by atoms with van der Waals surface area (Å²) in [6.45, 7) is 0.0585. The Morgan fingerprint density at radius 1 is 1.13 bits per heavy atom. The molecule has 0 unspecified atom stereocenters. The molecule has 9 nitrogen and oxygen atoms in total. The number of hydrogen-bond donors (Lipinski definition) is 0. The van der Waals surface area contributed by atoms with Gasteiger partial charge in [0, 0.05) is 15.5 Å². The monoisotopic (exact) mass is 454 g/mol. The summed E-state index contributed by atoms with van der Waals surface area (Å²) in [5, 5.41) is 14.0. The minimum Gasteiger partial charge on any atom is -0.337 e. The van der Waals surface area contributed by atoms with Gasteiger partial charge in [-0.15, -0.1) is 11.8 Å². The van der Waals surface area contributed by atoms with E-state index in [4.69, 9.17) is 16.1 Å². The highest BCUT2D eigenvalue weighted by atomic mass is 35.5. The molecule has 2 amide bonds. The maximum absolute atomic E-state index is 13.1. The van der Waals surface area contributed by atoms with Gasteiger partial charge in [0.25, 0.3) is 11.8 Å². The molecule has 3 heterocycles. The molecule has 2 aliphatic heterocycles. The van der Waals surface area contributed by atoms with Crippen molar-refractivity contribution in [3.8, 4) is 11.4 Å². The molecule has 2 aromatic carbocycles. The Kier molecular flexibility index (Phi) is 4.95. The lowest BCUT2D eigenvalue weighted by atomic mass is 10.1. The van der Waals surface area contributed by atoms with Crippen molar-refractivity contribution in [2.24, 2.45) is 10.3 Å². The molecule has 11 heteroatoms. The van der Waals surface area contributed by atoms with Crippen molar-refractivity contribution in [3.63, 3.8) is 0 Å². The molecule has 2 atom stereocenters. The Labute approximate surface area is 186 Å². The van der Waals surface area contributed by atoms with E-state index in [2.05, 4.69) is 20.5 Å². The minimum absolute atomic E-state index is 0.0585. The predicted octanol–water partition coefficient (Wildman–Crippen LogP) is 3.61. The summed E-state index contributed by atoms with van der Waals surface area (Å²) in [5.74, 6) is -0.126. The van der Waals surface area contributed by atoms with E-state index in [9.17, 15) is 9.59 Å². The van der Waals surface area contributed by atoms with Crippen molar-refractivity contribution in [2.45, 2.75) is 23.5 Å². The number of thioether (sulfide) groups is 1. The van der Waals surface area contributed by atoms with Gasteiger partial charge in [-0.2, -0.15) is 10.1 Å². The second-order valence-corrected chi connectivity index (χ2v) is 8.24. The number of carbonyl (C=O) groups excluding carboxylic acids is 2. The van der Waals surface area contributed by atoms with Crippen molar-refractivity contribution in [2.75, 3.05) is 11.2 Å². The molecule has 1 aromatic heterocycles. The highest BCUT2D eigenvalue weighted by molar-refractivity contribution is 7.98. The number of fused-ring (bicyclic) bond motifs is 1. The number of nitrogens with zero attached hydrogens (tertiary/aromatic N) is 6. The zero-order valence-corrected chi connectivity index (χ0v) is 17.7. The highest BCUT2D eigenvalue weighted by Gasteiger charge is 2.55. The summed E-state index contributed by atoms with van der Waals surface area (Å²) in [6.07, 6.45) is 1.93. The summed E-state index contributed by atoms with van der Waals surface area (Å²) >= 11 is 7.44. The number of anilines is 1. The lowest BCUT2D eigenvalue weighted by Crippen LogP contribution is -2.39. The van der Waals surface area contributed by atoms with Crippen LogP contribution in [0.15, 0.2) is 68.3 Å². The van der Waals surface area contributed by atoms with Gasteiger partial charge in [0.05, 0.1) is 5.69 Å². The van der Waals surface area contributed by atoms with Crippen LogP contribution in [0.1, 0.15) is 5.89 Å². The first-order valence-corrected chi connectivity index (χ1v) is 10.9. The molecular formula is C20H15ClN6O3S. The lowest BCUT2D eigenvalue weighted by Gasteiger charge is -2.19. The number of imide groups is 1. The third kappa shape index (κ3) is 3.47. The molecule has 5 rings (SSSR count). The fraction of sp³-hybridized carbons (Fsp3) is 0.200. The Balaban J connectivity index is 1.36. The predicted molar refractivity (Wildman–Crippen MR) is 113 cm³/mol. The third-order valence-electron chi connectivity index (χ3n) is 5.04. The fourth-order valence-electron chi connectivity index (χ4n) is 3.53. The Bertz CT molecular complexity index is 1200. The van der Waals surface area contributed by atoms with Crippen molar-refractivity contribution < 1.29 is 14.1 Å². The first kappa shape index (κ1) is 19.7. The zero-order valence-electron chi connectivity index (χ0n) is 16.2. The summed E-state index contributed by atoms with van der Waals surface area (Å²) in [4.78, 5) is 32.5. The fourth-order valence-corrected chi connectivity index (χ4v) is 4.11. The molecule has 1 fully saturated rings. The molecular weight excluding hydrogens is 440 g/mol. The van der Waals surface area contributed by atoms with Crippen molar-refractivity contribution in [3.05, 3.63) is 59.4 Å². The molecule has 1 saturated heterocycles. The second-order valence-electron chi connectivity index (χ2n) is 6.92. The molecule has 0 radical (unpaired) electrons. The lowest BCUT2D eigenvalue weighted by molar-refractivity contribution is -0.123. The smallest absolute Gasteiger partial charge is 0.263 e. The number of rotatable bonds is 5. The van der Waals surface area contributed by atoms with Crippen LogP contribution in [0.25, 0.3) is 11.4 Å². The number of amides is 2. The minimum atomic E-state index is -0.885. The average molecular weight is 455 g/mol. The first-order valence-electron chi connectivity index (χ1n) is 9.33. The van der Waals surface area contributed by atoms with Crippen LogP contribution in [0.4, 0.5) is 5.69 Å². The maximum Gasteiger partial charge on any atom is 0.263 e. The standard InChI is InChI=1S/C20H15ClN6O3S/c1-31-14-4-2-3-13(9-14)27-19(28)16-17(20(27)29)26(25-23-16)10-15-22-18(24-30-15)11-5-7-12(21)8-6-11/h2-9,16-17H,10H2,1H3/t16-,17+/m1/s1. The summed E-state index contributed by atoms with van der Waals surface area (Å²) in [5.41, 5.74) is 1.27. The largest absolute Gasteiger partial charge is 0.337 e. The van der Waals surface area contributed by atoms with Crippen LogP contribution < -0.4 is 4.90 Å². The number of hydrogen-bond acceptors (Lipinski definition) is 9. The van der Waals surface area contributed by atoms with E-state index in [1.807, 2.05) is 18.4 Å². The van der Waals surface area contributed by atoms with Crippen molar-refractivity contribution >= 4 is 40.9 Å². The van der Waals surface area contributed by atoms with Crippen LogP contribution in [-0.2, 0) is 16.1 Å². The normalized spacial score (nSPS) is 20.1. The topological polar surface area (TPSA) is 104 Å². The SMILES string of the molecule is CSc1cccc(N2C(=O)[C@@H]3[C@@H](N=NN3Cc3nc(-c4ccc(Cl)cc4)no3)C2=O)c1. The third-order valence-corrected chi connectivity index (χ3v) is 6.01. The number of carbonyl (C=O) groups is 2. The van der Waals surface area contributed by atoms with E-state index in [0.29, 0.717) is 16.5 Å². The molecule has 0 aliphatic carbocycles. The molecule has 0 spiro atoms. The number of benzene rings is 2. The molecule has 0 bridgehead atoms. The first-order chi connectivity index (χ1) is 15.0. The van der Waals surface area contributed by atoms with E-state index >= 15 is 0 Å². The zero-order chi connectivity index (χ0) is 21.5. The highest BCUT2D eigenvalue weighted by Crippen LogP contribution is 2.34. The van der Waals surface area contributed by atoms with Crippen LogP contribution in [0.2, 0.25) is 5.02 Å². The molecule has 31 heavy (non-hydrogen) atoms. The molecule has 0 saturated carbocycles. The Morgan fingerprint density at radius 3 is 2.71 bits per heavy atom. The van der Waals surface area contributed by atoms with E-state index in [1.165, 1.54) is 21.7 Å². The van der Waals surface area contributed by atoms with Crippen molar-refractivity contribution in [1.29, 1.82) is 0 Å². The Morgan fingerprint density at radius 2 is 1.94 bits per heavy atom. The van der Waals surface area contributed by atoms with E-state index in [1.54, 1.807) is 36.4 Å². The van der Waals surface area contributed by atoms with Crippen LogP contribution in [0.5, 0.6) is 0 Å². The van der Waals surface area contributed by atoms with Gasteiger partial charge in [-0.25, -0.2) is 4.90 Å². The molecule has 3 aromatic rings. The maximum atomic E-state index is 13.1. The van der Waals surface area contributed by atoms with Gasteiger partial charge in [-0.3, -0.25) is 14.6 Å². The van der Waals surface area contributed by atoms with Gasteiger partial charge in [0.1, 0.15) is 6.54 Å². The van der Waals surface area contributed by atoms with Crippen LogP contribution >= 0.6 is 23.4 Å². The van der Waals surface area contributed by atoms with Gasteiger partial charge >= 0.3 is 0 Å². The van der Waals surface area contributed by atoms with Crippen molar-refractivity contribution in [1.82, 2.24) is 15.1 Å². The molecule has 2 aliphatic rings. The Hall–Kier alpha value is -3.24. The van der Waals surface area contributed by atoms with Crippen LogP contribution in [-0.4, -0.2) is 45.3 Å². The molecule has 0 N–H and O–H groups in total. The van der Waals surface area contributed by atoms with Crippen LogP contribution in [0.3, 0.4) is 0 Å². The summed E-state index contributed by atoms with van der Waals surface area (Å²) in [7, 11) is 0. The van der Waals surface area contributed by atoms with E-state index < -0.39 is 18.0 Å². The van der Waals surface area contributed by atoms with Gasteiger partial charge in [-0.1, -0.05) is 28.0 Å². The summed E-state index contributed by atoms with van der Waals surface area (Å²) in [6, 6.07) is 12.6. The summed E-state index contributed by atoms with van der Waals surface area (Å²) < 4.78 is 5.31. The quantitative estimate of drug-likeness (QED) is 0.428. The average Bonchev–Trinajstić information content (AvgIpc) is 3.47.